The van der Waals surface area contributed by atoms with E-state index in [4.69, 9.17) is 9.72 Å². The second kappa shape index (κ2) is 16.1. The van der Waals surface area contributed by atoms with Gasteiger partial charge in [-0.3, -0.25) is 13.7 Å². The standard InChI is InChI=1S/C62H68N4O/c1-58(2,3)42-30-31-63-56(36-42)66-52-25-17-16-22-48(52)49-28-27-47(38-54(49)66)67-46-21-18-20-45(37-46)64-39-65(57-50(61(10,11)12)23-19-24-51(57)62(13,14)15)53-29-26-40(34-55(53)64)41-32-43(59(4,5)6)35-44(33-41)60(7,8)9/h16-38H,1-15H3. The molecule has 0 N–H and O–H groups in total. The van der Waals surface area contributed by atoms with Gasteiger partial charge in [0.05, 0.1) is 33.4 Å². The first-order chi connectivity index (χ1) is 31.4. The van der Waals surface area contributed by atoms with Gasteiger partial charge in [-0.05, 0) is 121 Å². The molecule has 0 amide bonds. The van der Waals surface area contributed by atoms with E-state index in [-0.39, 0.29) is 27.1 Å². The minimum atomic E-state index is -0.117. The Hall–Kier alpha value is -6.46. The number of benzene rings is 6. The van der Waals surface area contributed by atoms with Gasteiger partial charge >= 0.3 is 0 Å². The summed E-state index contributed by atoms with van der Waals surface area (Å²) in [5, 5.41) is 2.33. The van der Waals surface area contributed by atoms with Crippen LogP contribution in [0.15, 0.2) is 140 Å². The Bertz CT molecular complexity index is 3280. The quantitative estimate of drug-likeness (QED) is 0.123. The molecule has 5 heteroatoms. The third-order valence-corrected chi connectivity index (χ3v) is 13.3. The Kier molecular flexibility index (Phi) is 11.0. The number of para-hydroxylation sites is 2. The maximum atomic E-state index is 6.86. The number of hydrogen-bond donors (Lipinski definition) is 0. The minimum Gasteiger partial charge on any atom is -0.458 e. The van der Waals surface area contributed by atoms with Crippen LogP contribution in [0.1, 0.15) is 132 Å². The van der Waals surface area contributed by atoms with Crippen LogP contribution in [0.25, 0.3) is 61.2 Å². The second-order valence-corrected chi connectivity index (χ2v) is 23.8. The predicted molar refractivity (Wildman–Crippen MR) is 281 cm³/mol. The largest absolute Gasteiger partial charge is 0.458 e. The molecule has 0 spiro atoms. The van der Waals surface area contributed by atoms with Crippen molar-refractivity contribution in [2.24, 2.45) is 0 Å². The fourth-order valence-corrected chi connectivity index (χ4v) is 9.39. The lowest BCUT2D eigenvalue weighted by molar-refractivity contribution is -0.574. The van der Waals surface area contributed by atoms with E-state index in [0.717, 1.165) is 50.5 Å². The number of rotatable bonds is 6. The number of hydrogen-bond acceptors (Lipinski definition) is 2. The molecular weight excluding hydrogens is 817 g/mol. The van der Waals surface area contributed by atoms with E-state index in [2.05, 4.69) is 251 Å². The van der Waals surface area contributed by atoms with Gasteiger partial charge in [0.2, 0.25) is 0 Å². The molecule has 0 aliphatic carbocycles. The number of nitrogens with zero attached hydrogens (tertiary/aromatic N) is 4. The van der Waals surface area contributed by atoms with Crippen molar-refractivity contribution in [3.63, 3.8) is 0 Å². The summed E-state index contributed by atoms with van der Waals surface area (Å²) in [5.41, 5.74) is 15.0. The van der Waals surface area contributed by atoms with Gasteiger partial charge < -0.3 is 4.74 Å². The third-order valence-electron chi connectivity index (χ3n) is 13.3. The summed E-state index contributed by atoms with van der Waals surface area (Å²) in [6, 6.07) is 48.7. The summed E-state index contributed by atoms with van der Waals surface area (Å²) in [4.78, 5) is 4.91. The van der Waals surface area contributed by atoms with Crippen molar-refractivity contribution in [2.45, 2.75) is 131 Å². The number of pyridine rings is 1. The molecule has 6 aromatic carbocycles. The lowest BCUT2D eigenvalue weighted by atomic mass is 9.78. The molecule has 9 aromatic rings. The minimum absolute atomic E-state index is 0.00703. The molecule has 0 bridgehead atoms. The van der Waals surface area contributed by atoms with Gasteiger partial charge in [0.15, 0.2) is 0 Å². The van der Waals surface area contributed by atoms with E-state index < -0.39 is 0 Å². The normalized spacial score (nSPS) is 13.0. The number of fused-ring (bicyclic) bond motifs is 4. The van der Waals surface area contributed by atoms with Gasteiger partial charge in [0, 0.05) is 23.0 Å². The third kappa shape index (κ3) is 8.70. The Morgan fingerprint density at radius 2 is 1.07 bits per heavy atom. The zero-order valence-electron chi connectivity index (χ0n) is 42.5. The molecule has 342 valence electrons. The van der Waals surface area contributed by atoms with Crippen LogP contribution in [0.5, 0.6) is 11.5 Å². The van der Waals surface area contributed by atoms with Crippen LogP contribution in [0.2, 0.25) is 0 Å². The SMILES string of the molecule is CC(C)(C)c1cc(-c2ccc3c(c2)n(-c2cccc(Oc4ccc5c6ccccc6n(-c6cc(C(C)(C)C)ccn6)c5c4)c2)[c-][n+]3-c2c(C(C)(C)C)cccc2C(C)(C)C)cc(C(C)(C)C)c1. The lowest BCUT2D eigenvalue weighted by Crippen LogP contribution is -2.37. The van der Waals surface area contributed by atoms with Gasteiger partial charge in [0.25, 0.3) is 6.33 Å². The molecule has 9 rings (SSSR count). The highest BCUT2D eigenvalue weighted by Crippen LogP contribution is 2.40. The first-order valence-electron chi connectivity index (χ1n) is 24.0. The summed E-state index contributed by atoms with van der Waals surface area (Å²) in [6.45, 7) is 34.4. The average Bonchev–Trinajstić information content (AvgIpc) is 3.80. The Morgan fingerprint density at radius 3 is 1.72 bits per heavy atom. The van der Waals surface area contributed by atoms with E-state index in [1.54, 1.807) is 0 Å². The first kappa shape index (κ1) is 45.7. The molecule has 0 radical (unpaired) electrons. The summed E-state index contributed by atoms with van der Waals surface area (Å²) >= 11 is 0. The smallest absolute Gasteiger partial charge is 0.269 e. The fourth-order valence-electron chi connectivity index (χ4n) is 9.39. The van der Waals surface area contributed by atoms with Crippen molar-refractivity contribution in [1.82, 2.24) is 14.1 Å². The molecule has 3 aromatic heterocycles. The van der Waals surface area contributed by atoms with Crippen molar-refractivity contribution in [2.75, 3.05) is 0 Å². The van der Waals surface area contributed by atoms with E-state index in [0.29, 0.717) is 0 Å². The highest BCUT2D eigenvalue weighted by atomic mass is 16.5. The Labute approximate surface area is 399 Å². The second-order valence-electron chi connectivity index (χ2n) is 23.8. The monoisotopic (exact) mass is 885 g/mol. The fraction of sp³-hybridized carbons (Fsp3) is 0.323. The Balaban J connectivity index is 1.22. The van der Waals surface area contributed by atoms with Crippen LogP contribution in [0, 0.1) is 6.33 Å². The van der Waals surface area contributed by atoms with Gasteiger partial charge in [0.1, 0.15) is 17.3 Å². The molecule has 0 aliphatic heterocycles. The van der Waals surface area contributed by atoms with Gasteiger partial charge in [-0.25, -0.2) is 4.98 Å². The molecule has 3 heterocycles. The van der Waals surface area contributed by atoms with Crippen LogP contribution in [0.4, 0.5) is 0 Å². The maximum Gasteiger partial charge on any atom is 0.269 e. The number of aromatic nitrogens is 4. The first-order valence-corrected chi connectivity index (χ1v) is 24.0. The van der Waals surface area contributed by atoms with Crippen molar-refractivity contribution in [3.8, 4) is 39.8 Å². The van der Waals surface area contributed by atoms with Crippen LogP contribution >= 0.6 is 0 Å². The molecule has 0 saturated carbocycles. The van der Waals surface area contributed by atoms with Crippen molar-refractivity contribution < 1.29 is 9.30 Å². The molecule has 0 aliphatic rings. The highest BCUT2D eigenvalue weighted by molar-refractivity contribution is 6.09. The summed E-state index contributed by atoms with van der Waals surface area (Å²) in [6.07, 6.45) is 5.86. The van der Waals surface area contributed by atoms with Gasteiger partial charge in [-0.15, -0.1) is 0 Å². The summed E-state index contributed by atoms with van der Waals surface area (Å²) in [7, 11) is 0. The zero-order valence-corrected chi connectivity index (χ0v) is 42.5. The van der Waals surface area contributed by atoms with Crippen LogP contribution < -0.4 is 9.30 Å². The van der Waals surface area contributed by atoms with Crippen molar-refractivity contribution in [3.05, 3.63) is 174 Å². The van der Waals surface area contributed by atoms with E-state index in [9.17, 15) is 0 Å². The van der Waals surface area contributed by atoms with Crippen LogP contribution in [-0.2, 0) is 27.1 Å². The topological polar surface area (TPSA) is 35.9 Å². The number of ether oxygens (including phenoxy) is 1. The van der Waals surface area contributed by atoms with Crippen LogP contribution in [0.3, 0.4) is 0 Å². The van der Waals surface area contributed by atoms with Gasteiger partial charge in [-0.2, -0.15) is 0 Å². The summed E-state index contributed by atoms with van der Waals surface area (Å²) in [5.74, 6) is 2.38. The molecule has 0 fully saturated rings. The van der Waals surface area contributed by atoms with Crippen molar-refractivity contribution >= 4 is 32.8 Å². The number of imidazole rings is 1. The van der Waals surface area contributed by atoms with Crippen LogP contribution in [-0.4, -0.2) is 14.1 Å². The Morgan fingerprint density at radius 1 is 0.463 bits per heavy atom. The summed E-state index contributed by atoms with van der Waals surface area (Å²) < 4.78 is 13.7. The average molecular weight is 885 g/mol. The lowest BCUT2D eigenvalue weighted by Gasteiger charge is -2.30. The van der Waals surface area contributed by atoms with Crippen molar-refractivity contribution in [1.29, 1.82) is 0 Å². The molecule has 0 saturated heterocycles. The van der Waals surface area contributed by atoms with E-state index >= 15 is 0 Å². The van der Waals surface area contributed by atoms with E-state index in [1.807, 2.05) is 12.3 Å². The maximum absolute atomic E-state index is 6.86. The molecular formula is C62H68N4O. The molecule has 67 heavy (non-hydrogen) atoms. The molecule has 0 atom stereocenters. The van der Waals surface area contributed by atoms with Gasteiger partial charge in [-0.1, -0.05) is 177 Å². The zero-order chi connectivity index (χ0) is 48.0. The molecule has 5 nitrogen and oxygen atoms in total. The predicted octanol–water partition coefficient (Wildman–Crippen LogP) is 16.1. The molecule has 0 unspecified atom stereocenters. The van der Waals surface area contributed by atoms with E-state index in [1.165, 1.54) is 50.0 Å². The highest BCUT2D eigenvalue weighted by Gasteiger charge is 2.29.